The summed E-state index contributed by atoms with van der Waals surface area (Å²) in [5.41, 5.74) is 0.831. The van der Waals surface area contributed by atoms with Crippen LogP contribution in [0.3, 0.4) is 0 Å². The number of hydrogen-bond donors (Lipinski definition) is 2. The minimum atomic E-state index is -0.902. The van der Waals surface area contributed by atoms with E-state index in [4.69, 9.17) is 21.4 Å². The van der Waals surface area contributed by atoms with Crippen LogP contribution in [-0.4, -0.2) is 78.9 Å². The summed E-state index contributed by atoms with van der Waals surface area (Å²) in [5.74, 6) is -1.26. The van der Waals surface area contributed by atoms with Gasteiger partial charge >= 0.3 is 12.0 Å². The zero-order chi connectivity index (χ0) is 19.6. The number of benzene rings is 1. The van der Waals surface area contributed by atoms with Crippen LogP contribution in [0.5, 0.6) is 0 Å². The summed E-state index contributed by atoms with van der Waals surface area (Å²) in [5, 5.41) is 11.9. The Morgan fingerprint density at radius 2 is 2.26 bits per heavy atom. The van der Waals surface area contributed by atoms with Crippen molar-refractivity contribution >= 4 is 23.6 Å². The third-order valence-electron chi connectivity index (χ3n) is 4.82. The summed E-state index contributed by atoms with van der Waals surface area (Å²) in [6.45, 7) is 1.66. The van der Waals surface area contributed by atoms with E-state index in [2.05, 4.69) is 5.32 Å². The molecule has 3 atom stereocenters. The van der Waals surface area contributed by atoms with Crippen LogP contribution < -0.4 is 5.32 Å². The van der Waals surface area contributed by atoms with Gasteiger partial charge in [0.2, 0.25) is 0 Å². The van der Waals surface area contributed by atoms with Gasteiger partial charge in [-0.15, -0.1) is 0 Å². The maximum absolute atomic E-state index is 13.6. The molecule has 1 heterocycles. The first-order valence-electron chi connectivity index (χ1n) is 8.86. The average Bonchev–Trinajstić information content (AvgIpc) is 3.36. The van der Waals surface area contributed by atoms with Crippen molar-refractivity contribution < 1.29 is 23.8 Å². The first kappa shape index (κ1) is 19.9. The van der Waals surface area contributed by atoms with E-state index in [1.807, 2.05) is 0 Å². The van der Waals surface area contributed by atoms with Gasteiger partial charge < -0.3 is 20.1 Å². The fourth-order valence-corrected chi connectivity index (χ4v) is 3.49. The summed E-state index contributed by atoms with van der Waals surface area (Å²) in [4.78, 5) is 26.6. The smallest absolute Gasteiger partial charge is 0.317 e. The van der Waals surface area contributed by atoms with Crippen molar-refractivity contribution in [2.75, 3.05) is 39.8 Å². The lowest BCUT2D eigenvalue weighted by Gasteiger charge is -2.34. The standard InChI is InChI=1S/C18H23ClFN3O4/c1-22(10-17(24)25)8-12-9-23(4-5-27-12)18(26)21-16-7-13(16)11-2-3-14(19)15(20)6-11/h2-3,6,12-13,16H,4-5,7-10H2,1H3,(H,21,26)(H,24,25)/t12?,13-,16+/m0/s1. The van der Waals surface area contributed by atoms with Crippen molar-refractivity contribution in [1.29, 1.82) is 0 Å². The summed E-state index contributed by atoms with van der Waals surface area (Å²) >= 11 is 5.71. The molecular weight excluding hydrogens is 377 g/mol. The zero-order valence-electron chi connectivity index (χ0n) is 15.0. The molecule has 7 nitrogen and oxygen atoms in total. The molecule has 148 valence electrons. The summed E-state index contributed by atoms with van der Waals surface area (Å²) in [7, 11) is 1.70. The average molecular weight is 400 g/mol. The molecule has 27 heavy (non-hydrogen) atoms. The SMILES string of the molecule is CN(CC(=O)O)CC1CN(C(=O)N[C@@H]2C[C@H]2c2ccc(Cl)c(F)c2)CCO1. The van der Waals surface area contributed by atoms with Crippen molar-refractivity contribution in [2.24, 2.45) is 0 Å². The van der Waals surface area contributed by atoms with Crippen LogP contribution in [0.1, 0.15) is 17.9 Å². The highest BCUT2D eigenvalue weighted by Crippen LogP contribution is 2.41. The van der Waals surface area contributed by atoms with E-state index in [9.17, 15) is 14.0 Å². The Morgan fingerprint density at radius 1 is 1.48 bits per heavy atom. The number of likely N-dealkylation sites (N-methyl/N-ethyl adjacent to an activating group) is 1. The highest BCUT2D eigenvalue weighted by Gasteiger charge is 2.41. The number of carboxylic acids is 1. The van der Waals surface area contributed by atoms with Gasteiger partial charge in [0.1, 0.15) is 5.82 Å². The number of morpholine rings is 1. The van der Waals surface area contributed by atoms with Gasteiger partial charge in [-0.2, -0.15) is 0 Å². The number of carbonyl (C=O) groups excluding carboxylic acids is 1. The molecule has 1 aliphatic carbocycles. The van der Waals surface area contributed by atoms with Crippen molar-refractivity contribution in [3.05, 3.63) is 34.6 Å². The van der Waals surface area contributed by atoms with Crippen LogP contribution in [0.25, 0.3) is 0 Å². The summed E-state index contributed by atoms with van der Waals surface area (Å²) in [6, 6.07) is 4.54. The largest absolute Gasteiger partial charge is 0.480 e. The number of aliphatic carboxylic acids is 1. The van der Waals surface area contributed by atoms with E-state index < -0.39 is 11.8 Å². The minimum absolute atomic E-state index is 0.0194. The van der Waals surface area contributed by atoms with Gasteiger partial charge in [-0.05, 0) is 31.2 Å². The number of amides is 2. The van der Waals surface area contributed by atoms with E-state index in [0.717, 1.165) is 12.0 Å². The molecule has 1 aromatic carbocycles. The van der Waals surface area contributed by atoms with Gasteiger partial charge in [0.05, 0.1) is 24.3 Å². The Balaban J connectivity index is 1.48. The zero-order valence-corrected chi connectivity index (χ0v) is 15.8. The Kier molecular flexibility index (Phi) is 6.18. The van der Waals surface area contributed by atoms with E-state index in [0.29, 0.717) is 26.2 Å². The molecule has 2 aliphatic rings. The lowest BCUT2D eigenvalue weighted by atomic mass is 10.1. The van der Waals surface area contributed by atoms with Crippen LogP contribution >= 0.6 is 11.6 Å². The van der Waals surface area contributed by atoms with Crippen LogP contribution in [0.15, 0.2) is 18.2 Å². The van der Waals surface area contributed by atoms with E-state index in [1.165, 1.54) is 12.1 Å². The maximum Gasteiger partial charge on any atom is 0.317 e. The van der Waals surface area contributed by atoms with Gasteiger partial charge in [-0.25, -0.2) is 9.18 Å². The third-order valence-corrected chi connectivity index (χ3v) is 5.12. The number of ether oxygens (including phenoxy) is 1. The molecule has 0 radical (unpaired) electrons. The second kappa shape index (κ2) is 8.41. The number of nitrogens with one attached hydrogen (secondary N) is 1. The van der Waals surface area contributed by atoms with Crippen molar-refractivity contribution in [3.63, 3.8) is 0 Å². The number of carboxylic acid groups (broad SMARTS) is 1. The predicted molar refractivity (Wildman–Crippen MR) is 97.5 cm³/mol. The molecule has 0 aromatic heterocycles. The van der Waals surface area contributed by atoms with Gasteiger partial charge in [-0.1, -0.05) is 17.7 Å². The molecule has 1 aromatic rings. The predicted octanol–water partition coefficient (Wildman–Crippen LogP) is 1.76. The highest BCUT2D eigenvalue weighted by molar-refractivity contribution is 6.30. The maximum atomic E-state index is 13.6. The van der Waals surface area contributed by atoms with Crippen LogP contribution in [-0.2, 0) is 9.53 Å². The lowest BCUT2D eigenvalue weighted by Crippen LogP contribution is -2.52. The summed E-state index contributed by atoms with van der Waals surface area (Å²) < 4.78 is 19.2. The normalized spacial score (nSPS) is 24.7. The Labute approximate surface area is 162 Å². The molecule has 1 aliphatic heterocycles. The second-order valence-corrected chi connectivity index (χ2v) is 7.51. The van der Waals surface area contributed by atoms with Crippen LogP contribution in [0.4, 0.5) is 9.18 Å². The molecule has 0 bridgehead atoms. The Morgan fingerprint density at radius 3 is 2.96 bits per heavy atom. The first-order chi connectivity index (χ1) is 12.8. The molecule has 1 saturated heterocycles. The fraction of sp³-hybridized carbons (Fsp3) is 0.556. The second-order valence-electron chi connectivity index (χ2n) is 7.10. The number of carbonyl (C=O) groups is 2. The number of hydrogen-bond acceptors (Lipinski definition) is 4. The van der Waals surface area contributed by atoms with E-state index in [1.54, 1.807) is 22.9 Å². The van der Waals surface area contributed by atoms with Crippen LogP contribution in [0.2, 0.25) is 5.02 Å². The molecule has 1 saturated carbocycles. The van der Waals surface area contributed by atoms with Crippen molar-refractivity contribution in [3.8, 4) is 0 Å². The van der Waals surface area contributed by atoms with Crippen molar-refractivity contribution in [1.82, 2.24) is 15.1 Å². The minimum Gasteiger partial charge on any atom is -0.480 e. The number of halogens is 2. The van der Waals surface area contributed by atoms with Gasteiger partial charge in [-0.3, -0.25) is 9.69 Å². The molecule has 1 unspecified atom stereocenters. The molecule has 3 rings (SSSR count). The molecule has 9 heteroatoms. The van der Waals surface area contributed by atoms with Gasteiger partial charge in [0, 0.05) is 31.6 Å². The highest BCUT2D eigenvalue weighted by atomic mass is 35.5. The Hall–Kier alpha value is -1.90. The molecule has 2 fully saturated rings. The molecular formula is C18H23ClFN3O4. The van der Waals surface area contributed by atoms with E-state index in [-0.39, 0.29) is 35.7 Å². The van der Waals surface area contributed by atoms with Gasteiger partial charge in [0.25, 0.3) is 0 Å². The summed E-state index contributed by atoms with van der Waals surface area (Å²) in [6.07, 6.45) is 0.538. The number of urea groups is 1. The fourth-order valence-electron chi connectivity index (χ4n) is 3.37. The quantitative estimate of drug-likeness (QED) is 0.761. The van der Waals surface area contributed by atoms with Crippen molar-refractivity contribution in [2.45, 2.75) is 24.5 Å². The van der Waals surface area contributed by atoms with Gasteiger partial charge in [0.15, 0.2) is 0 Å². The first-order valence-corrected chi connectivity index (χ1v) is 9.23. The van der Waals surface area contributed by atoms with E-state index >= 15 is 0 Å². The van der Waals surface area contributed by atoms with Crippen LogP contribution in [0, 0.1) is 5.82 Å². The Bertz CT molecular complexity index is 720. The number of rotatable bonds is 6. The third kappa shape index (κ3) is 5.31. The number of nitrogens with zero attached hydrogens (tertiary/aromatic N) is 2. The molecule has 0 spiro atoms. The molecule has 2 N–H and O–H groups in total. The monoisotopic (exact) mass is 399 g/mol. The lowest BCUT2D eigenvalue weighted by molar-refractivity contribution is -0.138. The molecule has 2 amide bonds. The topological polar surface area (TPSA) is 82.1 Å².